The molecule has 2 aliphatic rings. The van der Waals surface area contributed by atoms with E-state index in [1.165, 1.54) is 22.9 Å². The lowest BCUT2D eigenvalue weighted by Crippen LogP contribution is -2.42. The molecule has 1 N–H and O–H groups in total. The Morgan fingerprint density at radius 1 is 1.16 bits per heavy atom. The first kappa shape index (κ1) is 21.2. The van der Waals surface area contributed by atoms with E-state index < -0.39 is 0 Å². The van der Waals surface area contributed by atoms with Gasteiger partial charge in [0.05, 0.1) is 23.2 Å². The molecular formula is C25H27N3O2S. The van der Waals surface area contributed by atoms with Crippen LogP contribution in [-0.2, 0) is 4.79 Å². The summed E-state index contributed by atoms with van der Waals surface area (Å²) in [6, 6.07) is 12.0. The van der Waals surface area contributed by atoms with Crippen molar-refractivity contribution in [2.24, 2.45) is 4.99 Å². The zero-order valence-electron chi connectivity index (χ0n) is 18.7. The summed E-state index contributed by atoms with van der Waals surface area (Å²) in [5, 5.41) is 3.44. The number of nitrogens with zero attached hydrogens (tertiary/aromatic N) is 2. The number of hydrogen-bond donors (Lipinski definition) is 1. The number of carbonyl (C=O) groups excluding carboxylic acids is 1. The molecule has 0 atom stereocenters. The van der Waals surface area contributed by atoms with Gasteiger partial charge in [0.25, 0.3) is 5.91 Å². The number of carbonyl (C=O) groups is 1. The lowest BCUT2D eigenvalue weighted by molar-refractivity contribution is -0.115. The molecule has 0 radical (unpaired) electrons. The molecule has 1 saturated heterocycles. The molecule has 0 bridgehead atoms. The van der Waals surface area contributed by atoms with E-state index in [1.807, 2.05) is 37.3 Å². The number of allylic oxidation sites excluding steroid dienone is 1. The number of ether oxygens (including phenoxy) is 1. The Balaban J connectivity index is 1.69. The van der Waals surface area contributed by atoms with E-state index in [0.29, 0.717) is 10.1 Å². The number of aryl methyl sites for hydroxylation is 1. The van der Waals surface area contributed by atoms with E-state index in [0.717, 1.165) is 28.3 Å². The molecule has 5 nitrogen and oxygen atoms in total. The topological polar surface area (TPSA) is 53.9 Å². The Hall–Kier alpha value is -2.99. The fourth-order valence-corrected chi connectivity index (χ4v) is 4.67. The van der Waals surface area contributed by atoms with Crippen LogP contribution in [0, 0.1) is 6.92 Å². The first-order chi connectivity index (χ1) is 14.7. The summed E-state index contributed by atoms with van der Waals surface area (Å²) in [5.74, 6) is 0.585. The van der Waals surface area contributed by atoms with Crippen molar-refractivity contribution in [2.75, 3.05) is 19.1 Å². The number of thioether (sulfide) groups is 1. The Morgan fingerprint density at radius 2 is 1.87 bits per heavy atom. The van der Waals surface area contributed by atoms with E-state index in [-0.39, 0.29) is 11.4 Å². The van der Waals surface area contributed by atoms with Gasteiger partial charge in [-0.05, 0) is 69.3 Å². The predicted octanol–water partition coefficient (Wildman–Crippen LogP) is 5.53. The summed E-state index contributed by atoms with van der Waals surface area (Å²) in [5.41, 5.74) is 6.25. The number of anilines is 1. The smallest absolute Gasteiger partial charge is 0.264 e. The number of benzene rings is 2. The highest BCUT2D eigenvalue weighted by Gasteiger charge is 2.30. The van der Waals surface area contributed by atoms with E-state index >= 15 is 0 Å². The summed E-state index contributed by atoms with van der Waals surface area (Å²) in [6.45, 7) is 8.54. The molecule has 0 unspecified atom stereocenters. The fraction of sp³-hybridized carbons (Fsp3) is 0.280. The molecule has 0 aliphatic carbocycles. The van der Waals surface area contributed by atoms with Gasteiger partial charge in [-0.2, -0.15) is 0 Å². The average Bonchev–Trinajstić information content (AvgIpc) is 3.06. The maximum Gasteiger partial charge on any atom is 0.264 e. The Bertz CT molecular complexity index is 1140. The molecule has 2 aromatic rings. The highest BCUT2D eigenvalue weighted by Crippen LogP contribution is 2.42. The molecule has 0 saturated carbocycles. The third kappa shape index (κ3) is 4.12. The third-order valence-corrected chi connectivity index (χ3v) is 6.68. The Labute approximate surface area is 187 Å². The maximum absolute atomic E-state index is 12.6. The lowest BCUT2D eigenvalue weighted by atomic mass is 9.88. The van der Waals surface area contributed by atoms with Gasteiger partial charge in [0.1, 0.15) is 5.75 Å². The molecule has 2 heterocycles. The van der Waals surface area contributed by atoms with Crippen molar-refractivity contribution in [2.45, 2.75) is 33.2 Å². The highest BCUT2D eigenvalue weighted by molar-refractivity contribution is 8.18. The molecule has 4 rings (SSSR count). The van der Waals surface area contributed by atoms with Crippen LogP contribution in [0.1, 0.15) is 37.5 Å². The first-order valence-corrected chi connectivity index (χ1v) is 11.0. The van der Waals surface area contributed by atoms with Gasteiger partial charge in [-0.3, -0.25) is 4.79 Å². The predicted molar refractivity (Wildman–Crippen MR) is 131 cm³/mol. The second-order valence-corrected chi connectivity index (χ2v) is 9.50. The van der Waals surface area contributed by atoms with Crippen molar-refractivity contribution in [3.05, 3.63) is 64.1 Å². The minimum atomic E-state index is -0.152. The van der Waals surface area contributed by atoms with Crippen LogP contribution in [0.25, 0.3) is 11.6 Å². The van der Waals surface area contributed by atoms with Crippen molar-refractivity contribution in [1.29, 1.82) is 0 Å². The number of methoxy groups -OCH3 is 1. The number of rotatable bonds is 3. The highest BCUT2D eigenvalue weighted by atomic mass is 32.2. The Kier molecular flexibility index (Phi) is 5.43. The molecular weight excluding hydrogens is 406 g/mol. The zero-order valence-corrected chi connectivity index (χ0v) is 19.6. The second-order valence-electron chi connectivity index (χ2n) is 8.47. The third-order valence-electron chi connectivity index (χ3n) is 5.77. The zero-order chi connectivity index (χ0) is 22.3. The van der Waals surface area contributed by atoms with Gasteiger partial charge in [0.2, 0.25) is 0 Å². The van der Waals surface area contributed by atoms with Crippen molar-refractivity contribution < 1.29 is 9.53 Å². The normalized spacial score (nSPS) is 20.0. The molecule has 1 amide bonds. The molecule has 0 aromatic heterocycles. The molecule has 2 aliphatic heterocycles. The summed E-state index contributed by atoms with van der Waals surface area (Å²) < 4.78 is 5.68. The van der Waals surface area contributed by atoms with E-state index in [9.17, 15) is 4.79 Å². The number of amidine groups is 1. The fourth-order valence-electron chi connectivity index (χ4n) is 3.84. The number of nitrogens with one attached hydrogen (secondary N) is 1. The first-order valence-electron chi connectivity index (χ1n) is 10.2. The largest absolute Gasteiger partial charge is 0.496 e. The SMILES string of the molecule is COc1cc2c(cc1/C=C1/SC(=Nc3ccc(C)cc3)NC1=O)C(C)=CC(C)(C)N2C. The van der Waals surface area contributed by atoms with E-state index in [4.69, 9.17) is 4.74 Å². The van der Waals surface area contributed by atoms with Crippen LogP contribution in [-0.4, -0.2) is 30.8 Å². The molecule has 31 heavy (non-hydrogen) atoms. The second kappa shape index (κ2) is 7.93. The quantitative estimate of drug-likeness (QED) is 0.647. The van der Waals surface area contributed by atoms with Crippen LogP contribution >= 0.6 is 11.8 Å². The summed E-state index contributed by atoms with van der Waals surface area (Å²) in [4.78, 5) is 20.0. The van der Waals surface area contributed by atoms with Gasteiger partial charge < -0.3 is 15.0 Å². The van der Waals surface area contributed by atoms with Crippen LogP contribution in [0.2, 0.25) is 0 Å². The van der Waals surface area contributed by atoms with Crippen molar-refractivity contribution >= 4 is 45.9 Å². The Morgan fingerprint density at radius 3 is 2.55 bits per heavy atom. The molecule has 6 heteroatoms. The summed E-state index contributed by atoms with van der Waals surface area (Å²) >= 11 is 1.34. The van der Waals surface area contributed by atoms with Gasteiger partial charge in [-0.15, -0.1) is 0 Å². The van der Waals surface area contributed by atoms with Crippen LogP contribution in [0.15, 0.2) is 52.4 Å². The van der Waals surface area contributed by atoms with Gasteiger partial charge in [-0.25, -0.2) is 4.99 Å². The van der Waals surface area contributed by atoms with E-state index in [2.05, 4.69) is 61.2 Å². The van der Waals surface area contributed by atoms with E-state index in [1.54, 1.807) is 7.11 Å². The summed E-state index contributed by atoms with van der Waals surface area (Å²) in [7, 11) is 3.75. The number of aliphatic imine (C=N–C) groups is 1. The molecule has 0 spiro atoms. The number of fused-ring (bicyclic) bond motifs is 1. The van der Waals surface area contributed by atoms with Crippen LogP contribution in [0.3, 0.4) is 0 Å². The minimum Gasteiger partial charge on any atom is -0.496 e. The van der Waals surface area contributed by atoms with Crippen molar-refractivity contribution in [1.82, 2.24) is 5.32 Å². The van der Waals surface area contributed by atoms with Gasteiger partial charge in [0, 0.05) is 29.9 Å². The summed E-state index contributed by atoms with van der Waals surface area (Å²) in [6.07, 6.45) is 4.14. The molecule has 160 valence electrons. The number of hydrogen-bond acceptors (Lipinski definition) is 5. The van der Waals surface area contributed by atoms with Gasteiger partial charge in [-0.1, -0.05) is 23.8 Å². The number of amides is 1. The van der Waals surface area contributed by atoms with Gasteiger partial charge in [0.15, 0.2) is 5.17 Å². The van der Waals surface area contributed by atoms with Crippen LogP contribution in [0.4, 0.5) is 11.4 Å². The average molecular weight is 434 g/mol. The molecule has 2 aromatic carbocycles. The minimum absolute atomic E-state index is 0.0788. The van der Waals surface area contributed by atoms with Gasteiger partial charge >= 0.3 is 0 Å². The van der Waals surface area contributed by atoms with Crippen molar-refractivity contribution in [3.8, 4) is 5.75 Å². The molecule has 1 fully saturated rings. The van der Waals surface area contributed by atoms with Crippen molar-refractivity contribution in [3.63, 3.8) is 0 Å². The van der Waals surface area contributed by atoms with Crippen LogP contribution in [0.5, 0.6) is 5.75 Å². The van der Waals surface area contributed by atoms with Crippen LogP contribution < -0.4 is 15.0 Å². The monoisotopic (exact) mass is 433 g/mol. The maximum atomic E-state index is 12.6. The standard InChI is InChI=1S/C25H27N3O2S/c1-15-7-9-18(10-8-15)26-24-27-23(29)22(31-24)12-17-11-19-16(2)14-25(3,4)28(5)20(19)13-21(17)30-6/h7-14H,1-6H3,(H,26,27,29)/b22-12+. The lowest BCUT2D eigenvalue weighted by Gasteiger charge is -2.41. The number of likely N-dealkylation sites (N-methyl/N-ethyl adjacent to an activating group) is 1.